The van der Waals surface area contributed by atoms with Gasteiger partial charge in [-0.2, -0.15) is 0 Å². The minimum absolute atomic E-state index is 0.148. The van der Waals surface area contributed by atoms with Crippen molar-refractivity contribution in [2.24, 2.45) is 0 Å². The van der Waals surface area contributed by atoms with Crippen LogP contribution in [0, 0.1) is 0 Å². The van der Waals surface area contributed by atoms with E-state index in [2.05, 4.69) is 0 Å². The maximum Gasteiger partial charge on any atom is 0.344 e. The van der Waals surface area contributed by atoms with Gasteiger partial charge in [-0.3, -0.25) is 4.79 Å². The highest BCUT2D eigenvalue weighted by molar-refractivity contribution is 7.21. The molecule has 0 radical (unpaired) electrons. The van der Waals surface area contributed by atoms with Crippen LogP contribution in [-0.2, 0) is 9.53 Å². The number of hydrogen-bond donors (Lipinski definition) is 0. The van der Waals surface area contributed by atoms with Crippen molar-refractivity contribution >= 4 is 38.3 Å². The number of esters is 1. The average molecular weight is 365 g/mol. The lowest BCUT2D eigenvalue weighted by atomic mass is 10.0. The van der Waals surface area contributed by atoms with E-state index >= 15 is 0 Å². The van der Waals surface area contributed by atoms with Gasteiger partial charge in [0.15, 0.2) is 12.4 Å². The summed E-state index contributed by atoms with van der Waals surface area (Å²) >= 11 is 1.43. The Labute approximate surface area is 153 Å². The quantitative estimate of drug-likeness (QED) is 0.312. The van der Waals surface area contributed by atoms with Gasteiger partial charge in [0, 0.05) is 10.8 Å². The lowest BCUT2D eigenvalue weighted by Gasteiger charge is -2.14. The number of ether oxygens (including phenoxy) is 2. The van der Waals surface area contributed by atoms with E-state index in [0.29, 0.717) is 16.0 Å². The molecule has 0 aromatic heterocycles. The molecule has 4 rings (SSSR count). The van der Waals surface area contributed by atoms with Gasteiger partial charge in [0.05, 0.1) is 22.5 Å². The molecule has 0 atom stereocenters. The molecule has 0 unspecified atom stereocenters. The second-order valence-electron chi connectivity index (χ2n) is 5.66. The van der Waals surface area contributed by atoms with Crippen LogP contribution in [0.15, 0.2) is 53.3 Å². The minimum Gasteiger partial charge on any atom is -0.476 e. The lowest BCUT2D eigenvalue weighted by Crippen LogP contribution is -2.19. The van der Waals surface area contributed by atoms with Crippen LogP contribution < -0.4 is 10.2 Å². The van der Waals surface area contributed by atoms with Crippen molar-refractivity contribution in [1.29, 1.82) is 0 Å². The summed E-state index contributed by atoms with van der Waals surface area (Å²) in [6.07, 6.45) is 0. The van der Waals surface area contributed by atoms with Gasteiger partial charge in [0.2, 0.25) is 5.43 Å². The summed E-state index contributed by atoms with van der Waals surface area (Å²) < 4.78 is 11.4. The fourth-order valence-electron chi connectivity index (χ4n) is 2.88. The lowest BCUT2D eigenvalue weighted by molar-refractivity contribution is -0.145. The van der Waals surface area contributed by atoms with Crippen LogP contribution in [0.25, 0.3) is 31.6 Å². The van der Waals surface area contributed by atoms with Gasteiger partial charge in [0.25, 0.3) is 0 Å². The summed E-state index contributed by atoms with van der Waals surface area (Å²) in [6, 6.07) is 15.0. The first kappa shape index (κ1) is 16.5. The predicted octanol–water partition coefficient (Wildman–Crippen LogP) is 3.86. The van der Waals surface area contributed by atoms with Crippen molar-refractivity contribution in [3.63, 3.8) is 0 Å². The van der Waals surface area contributed by atoms with Crippen LogP contribution in [0.5, 0.6) is 5.75 Å². The summed E-state index contributed by atoms with van der Waals surface area (Å²) in [4.78, 5) is 30.0. The highest BCUT2D eigenvalue weighted by Crippen LogP contribution is 2.40. The Morgan fingerprint density at radius 2 is 1.81 bits per heavy atom. The van der Waals surface area contributed by atoms with Crippen LogP contribution in [0.4, 0.5) is 0 Å². The second kappa shape index (κ2) is 6.72. The van der Waals surface area contributed by atoms with E-state index in [-0.39, 0.29) is 24.4 Å². The molecule has 0 spiro atoms. The summed E-state index contributed by atoms with van der Waals surface area (Å²) in [5.74, 6) is -0.359. The van der Waals surface area contributed by atoms with Crippen molar-refractivity contribution in [1.82, 2.24) is 4.98 Å². The zero-order chi connectivity index (χ0) is 18.1. The molecule has 0 fully saturated rings. The molecule has 0 amide bonds. The number of hydrogen-bond acceptors (Lipinski definition) is 6. The largest absolute Gasteiger partial charge is 0.476 e. The summed E-state index contributed by atoms with van der Waals surface area (Å²) in [7, 11) is 0. The van der Waals surface area contributed by atoms with Crippen molar-refractivity contribution < 1.29 is 14.3 Å². The Balaban J connectivity index is 1.98. The molecule has 6 heteroatoms. The molecule has 26 heavy (non-hydrogen) atoms. The molecule has 1 aliphatic heterocycles. The maximum absolute atomic E-state index is 13.0. The third-order valence-electron chi connectivity index (χ3n) is 4.00. The molecule has 2 aliphatic rings. The topological polar surface area (TPSA) is 65.5 Å². The van der Waals surface area contributed by atoms with E-state index in [1.54, 1.807) is 19.1 Å². The van der Waals surface area contributed by atoms with E-state index in [0.717, 1.165) is 15.6 Å². The Bertz CT molecular complexity index is 1150. The number of aromatic nitrogens is 1. The number of benzene rings is 3. The molecule has 2 aromatic carbocycles. The molecule has 0 bridgehead atoms. The standard InChI is InChI=1S/C20H15NO4S/c1-2-24-16(22)11-25-19-18(23)13-8-4-3-7-12(13)17-20(19)26-15-10-6-5-9-14(15)21-17/h3-10H,2,11H2,1H3. The Kier molecular flexibility index (Phi) is 4.26. The van der Waals surface area contributed by atoms with Crippen LogP contribution in [0.2, 0.25) is 0 Å². The number of rotatable bonds is 4. The van der Waals surface area contributed by atoms with E-state index in [1.807, 2.05) is 36.4 Å². The first-order chi connectivity index (χ1) is 12.7. The maximum atomic E-state index is 13.0. The Morgan fingerprint density at radius 1 is 1.08 bits per heavy atom. The first-order valence-corrected chi connectivity index (χ1v) is 9.03. The zero-order valence-electron chi connectivity index (χ0n) is 14.0. The summed E-state index contributed by atoms with van der Waals surface area (Å²) in [6.45, 7) is 1.68. The van der Waals surface area contributed by atoms with E-state index < -0.39 is 5.97 Å². The van der Waals surface area contributed by atoms with Gasteiger partial charge in [-0.25, -0.2) is 9.78 Å². The molecule has 1 aliphatic carbocycles. The van der Waals surface area contributed by atoms with Crippen LogP contribution in [0.3, 0.4) is 0 Å². The zero-order valence-corrected chi connectivity index (χ0v) is 14.8. The van der Waals surface area contributed by atoms with Crippen LogP contribution >= 0.6 is 11.3 Å². The van der Waals surface area contributed by atoms with Gasteiger partial charge >= 0.3 is 5.97 Å². The highest BCUT2D eigenvalue weighted by Gasteiger charge is 2.22. The Hall–Kier alpha value is -2.99. The molecule has 1 heterocycles. The predicted molar refractivity (Wildman–Crippen MR) is 102 cm³/mol. The number of carbonyl (C=O) groups is 1. The summed E-state index contributed by atoms with van der Waals surface area (Å²) in [5.41, 5.74) is 1.30. The highest BCUT2D eigenvalue weighted by atomic mass is 32.1. The van der Waals surface area contributed by atoms with E-state index in [1.165, 1.54) is 11.3 Å². The normalized spacial score (nSPS) is 11.1. The second-order valence-corrected chi connectivity index (χ2v) is 6.71. The molecule has 2 aromatic rings. The average Bonchev–Trinajstić information content (AvgIpc) is 2.67. The van der Waals surface area contributed by atoms with Crippen LogP contribution in [-0.4, -0.2) is 24.2 Å². The number of para-hydroxylation sites is 1. The van der Waals surface area contributed by atoms with Crippen molar-refractivity contribution in [3.8, 4) is 16.3 Å². The molecule has 0 saturated heterocycles. The van der Waals surface area contributed by atoms with Gasteiger partial charge in [0.1, 0.15) is 4.88 Å². The number of fused-ring (bicyclic) bond motifs is 4. The first-order valence-electron chi connectivity index (χ1n) is 8.21. The van der Waals surface area contributed by atoms with Gasteiger partial charge in [-0.05, 0) is 19.1 Å². The fraction of sp³-hybridized carbons (Fsp3) is 0.150. The van der Waals surface area contributed by atoms with E-state index in [9.17, 15) is 9.59 Å². The fourth-order valence-corrected chi connectivity index (χ4v) is 3.96. The Morgan fingerprint density at radius 3 is 2.62 bits per heavy atom. The van der Waals surface area contributed by atoms with Crippen molar-refractivity contribution in [3.05, 3.63) is 58.8 Å². The van der Waals surface area contributed by atoms with Crippen molar-refractivity contribution in [2.45, 2.75) is 6.92 Å². The monoisotopic (exact) mass is 365 g/mol. The SMILES string of the molecule is CCOC(=O)COc1c2sc3ccccc3nc-2c2ccccc2c1=O. The molecule has 0 N–H and O–H groups in total. The number of carbonyl (C=O) groups excluding carboxylic acids is 1. The van der Waals surface area contributed by atoms with Crippen molar-refractivity contribution in [2.75, 3.05) is 13.2 Å². The smallest absolute Gasteiger partial charge is 0.344 e. The summed E-state index contributed by atoms with van der Waals surface area (Å²) in [5, 5.41) is 1.30. The molecule has 130 valence electrons. The third kappa shape index (κ3) is 2.78. The molecular weight excluding hydrogens is 350 g/mol. The van der Waals surface area contributed by atoms with Gasteiger partial charge in [-0.15, -0.1) is 11.3 Å². The molecular formula is C20H15NO4S. The molecule has 0 saturated carbocycles. The van der Waals surface area contributed by atoms with Gasteiger partial charge in [-0.1, -0.05) is 36.4 Å². The molecule has 5 nitrogen and oxygen atoms in total. The number of nitrogens with zero attached hydrogens (tertiary/aromatic N) is 1. The minimum atomic E-state index is -0.507. The van der Waals surface area contributed by atoms with E-state index in [4.69, 9.17) is 14.5 Å². The third-order valence-corrected chi connectivity index (χ3v) is 5.15. The van der Waals surface area contributed by atoms with Gasteiger partial charge < -0.3 is 9.47 Å². The van der Waals surface area contributed by atoms with Crippen LogP contribution in [0.1, 0.15) is 6.92 Å².